The molecule has 8 amide bonds. The number of carboxylic acid groups (broad SMARTS) is 1. The number of amides is 8. The van der Waals surface area contributed by atoms with Gasteiger partial charge in [-0.3, -0.25) is 52.7 Å². The summed E-state index contributed by atoms with van der Waals surface area (Å²) < 4.78 is 0. The molecule has 1 rings (SSSR count). The monoisotopic (exact) mass is 1230 g/mol. The van der Waals surface area contributed by atoms with Crippen molar-refractivity contribution in [2.24, 2.45) is 59.2 Å². The van der Waals surface area contributed by atoms with Gasteiger partial charge in [-0.2, -0.15) is 0 Å². The Morgan fingerprint density at radius 1 is 0.517 bits per heavy atom. The van der Waals surface area contributed by atoms with E-state index in [9.17, 15) is 58.2 Å². The number of aliphatic hydroxyl groups is 1. The van der Waals surface area contributed by atoms with Crippen LogP contribution in [0.1, 0.15) is 169 Å². The number of carbonyl (C=O) groups is 12. The molecule has 22 heteroatoms. The number of carboxylic acids is 1. The number of rotatable bonds is 16. The number of likely N-dealkylation sites (N-methyl/N-ethyl adjacent to an activating group) is 7. The molecule has 0 aromatic rings. The Bertz CT molecular complexity index is 2420. The molecule has 22 nitrogen and oxygen atoms in total. The summed E-state index contributed by atoms with van der Waals surface area (Å²) >= 11 is 0. The summed E-state index contributed by atoms with van der Waals surface area (Å²) in [6.07, 6.45) is 0.240. The molecule has 0 saturated carbocycles. The van der Waals surface area contributed by atoms with Crippen molar-refractivity contribution in [3.8, 4) is 0 Å². The summed E-state index contributed by atoms with van der Waals surface area (Å²) in [5.41, 5.74) is 0. The first kappa shape index (κ1) is 79.0. The molecule has 0 bridgehead atoms. The highest BCUT2D eigenvalue weighted by Crippen LogP contribution is 2.29. The molecule has 0 aliphatic carbocycles. The maximum atomic E-state index is 15.2. The third-order valence-corrected chi connectivity index (χ3v) is 17.1. The van der Waals surface area contributed by atoms with Gasteiger partial charge in [-0.15, -0.1) is 0 Å². The quantitative estimate of drug-likeness (QED) is 0.159. The predicted octanol–water partition coefficient (Wildman–Crippen LogP) is 5.61. The van der Waals surface area contributed by atoms with Gasteiger partial charge in [0.05, 0.1) is 24.7 Å². The first-order chi connectivity index (χ1) is 40.1. The molecule has 1 fully saturated rings. The first-order valence-electron chi connectivity index (χ1n) is 31.4. The molecule has 0 spiro atoms. The Morgan fingerprint density at radius 3 is 1.39 bits per heavy atom. The summed E-state index contributed by atoms with van der Waals surface area (Å²) in [5.74, 6) is -13.1. The van der Waals surface area contributed by atoms with Gasteiger partial charge in [-0.25, -0.2) is 4.79 Å². The largest absolute Gasteiger partial charge is 0.478 e. The van der Waals surface area contributed by atoms with Crippen molar-refractivity contribution in [3.05, 3.63) is 12.2 Å². The number of allylic oxidation sites excluding steroid dienone is 1. The molecule has 87 heavy (non-hydrogen) atoms. The smallest absolute Gasteiger partial charge is 0.327 e. The van der Waals surface area contributed by atoms with Gasteiger partial charge < -0.3 is 49.8 Å². The molecule has 1 heterocycles. The van der Waals surface area contributed by atoms with Gasteiger partial charge in [0.15, 0.2) is 17.3 Å². The number of hydrogen-bond donors (Lipinski definition) is 3. The fourth-order valence-electron chi connectivity index (χ4n) is 11.6. The molecule has 496 valence electrons. The van der Waals surface area contributed by atoms with Crippen LogP contribution in [-0.2, 0) is 57.5 Å². The van der Waals surface area contributed by atoms with Crippen molar-refractivity contribution in [2.45, 2.75) is 217 Å². The average Bonchev–Trinajstić information content (AvgIpc) is 1.19. The number of Topliss-reactive ketones (excluding diaryl/α,β-unsaturated/α-hetero) is 3. The molecule has 1 aliphatic rings. The number of aliphatic carboxylic acids is 1. The molecule has 1 saturated heterocycles. The fourth-order valence-corrected chi connectivity index (χ4v) is 11.6. The average molecular weight is 1230 g/mol. The van der Waals surface area contributed by atoms with Gasteiger partial charge in [0.1, 0.15) is 30.2 Å². The number of hydrogen-bond acceptors (Lipinski definition) is 13. The number of nitrogens with zero attached hydrogens (tertiary/aromatic N) is 7. The summed E-state index contributed by atoms with van der Waals surface area (Å²) in [4.78, 5) is 181. The molecular weight excluding hydrogens is 1120 g/mol. The number of ketones is 3. The minimum atomic E-state index is -1.64. The molecule has 0 radical (unpaired) electrons. The maximum absolute atomic E-state index is 15.2. The second kappa shape index (κ2) is 35.8. The van der Waals surface area contributed by atoms with Crippen molar-refractivity contribution < 1.29 is 67.7 Å². The van der Waals surface area contributed by atoms with E-state index in [0.29, 0.717) is 0 Å². The van der Waals surface area contributed by atoms with E-state index in [1.165, 1.54) is 86.8 Å². The third-order valence-electron chi connectivity index (χ3n) is 17.1. The van der Waals surface area contributed by atoms with E-state index in [2.05, 4.69) is 5.32 Å². The zero-order valence-electron chi connectivity index (χ0n) is 57.0. The third kappa shape index (κ3) is 22.8. The van der Waals surface area contributed by atoms with Gasteiger partial charge in [0, 0.05) is 92.4 Å². The minimum absolute atomic E-state index is 0.0338. The lowest BCUT2D eigenvalue weighted by Crippen LogP contribution is -2.61. The zero-order valence-corrected chi connectivity index (χ0v) is 57.0. The van der Waals surface area contributed by atoms with Crippen molar-refractivity contribution in [1.29, 1.82) is 0 Å². The maximum Gasteiger partial charge on any atom is 0.327 e. The van der Waals surface area contributed by atoms with E-state index in [0.717, 1.165) is 15.9 Å². The molecular formula is C65H112N8O14. The summed E-state index contributed by atoms with van der Waals surface area (Å²) in [7, 11) is 9.96. The van der Waals surface area contributed by atoms with Gasteiger partial charge in [-0.1, -0.05) is 110 Å². The topological polar surface area (TPSA) is 280 Å². The van der Waals surface area contributed by atoms with Crippen molar-refractivity contribution in [2.75, 3.05) is 55.9 Å². The Balaban J connectivity index is 4.35. The van der Waals surface area contributed by atoms with Crippen LogP contribution in [0.4, 0.5) is 0 Å². The lowest BCUT2D eigenvalue weighted by atomic mass is 9.84. The standard InChI is InChI=1S/C65H112N8O14/c1-24-45-33-53(76)57(58(80)42(14)26-25-27-55(78)79)73(23)65(87)56(41(12)13)72(22)64(86)50(31-39(8)9)71(21)63(85)49(30-38(6)7)70(20)60(82)44(16)66-59(81)43(15)32-51(74)48(29-37(4)5)69(19)62(84)46(40(10)11)34-52(75)47(28-36(2)3)68(18)54(77)35-67(17)61(45)83/h25,27,36-50,56-58,80H,24,26,28-35H2,1-23H3,(H,66,81)(H,78,79)/b27-25+/t42-,43-,44-,45-,46+,47+,48+,49+,50+,56+,57-,58-/m1/s1. The van der Waals surface area contributed by atoms with Crippen molar-refractivity contribution in [1.82, 2.24) is 39.6 Å². The Labute approximate surface area is 520 Å². The van der Waals surface area contributed by atoms with Gasteiger partial charge in [0.25, 0.3) is 0 Å². The van der Waals surface area contributed by atoms with Crippen LogP contribution in [0.3, 0.4) is 0 Å². The van der Waals surface area contributed by atoms with E-state index in [1.807, 2.05) is 55.4 Å². The predicted molar refractivity (Wildman–Crippen MR) is 334 cm³/mol. The molecule has 0 aromatic carbocycles. The van der Waals surface area contributed by atoms with Crippen LogP contribution in [0.15, 0.2) is 12.2 Å². The number of aliphatic hydroxyl groups excluding tert-OH is 1. The molecule has 0 aromatic heterocycles. The van der Waals surface area contributed by atoms with Crippen LogP contribution in [0.5, 0.6) is 0 Å². The first-order valence-corrected chi connectivity index (χ1v) is 31.4. The number of carbonyl (C=O) groups excluding carboxylic acids is 11. The van der Waals surface area contributed by atoms with E-state index < -0.39 is 167 Å². The lowest BCUT2D eigenvalue weighted by molar-refractivity contribution is -0.157. The highest BCUT2D eigenvalue weighted by molar-refractivity contribution is 5.99. The van der Waals surface area contributed by atoms with Crippen LogP contribution in [0.25, 0.3) is 0 Å². The van der Waals surface area contributed by atoms with E-state index >= 15 is 9.59 Å². The molecule has 1 aliphatic heterocycles. The Morgan fingerprint density at radius 2 is 0.943 bits per heavy atom. The van der Waals surface area contributed by atoms with Gasteiger partial charge >= 0.3 is 5.97 Å². The molecule has 3 N–H and O–H groups in total. The fraction of sp³-hybridized carbons (Fsp3) is 0.785. The zero-order chi connectivity index (χ0) is 67.6. The number of nitrogens with one attached hydrogen (secondary N) is 1. The second-order valence-electron chi connectivity index (χ2n) is 27.2. The van der Waals surface area contributed by atoms with Gasteiger partial charge in [0.2, 0.25) is 47.3 Å². The lowest BCUT2D eigenvalue weighted by Gasteiger charge is -2.41. The Hall–Kier alpha value is -6.06. The SMILES string of the molecule is CC[C@@H]1CC(=O)[C@H]([C@H](O)[C@H](C)C/C=C/C(=O)O)N(C)C(=O)[C@H](C(C)C)N(C)C(=O)[C@H](CC(C)C)N(C)C(=O)[C@H](CC(C)C)N(C)C(=O)[C@@H](C)NC(=O)[C@H](C)CC(=O)[C@H](CC(C)C)N(C)C(=O)[C@H](C(C)C)CC(=O)[C@H](CC(C)C)N(C)C(=O)CN(C)C1=O. The minimum Gasteiger partial charge on any atom is -0.478 e. The summed E-state index contributed by atoms with van der Waals surface area (Å²) in [5, 5.41) is 24.2. The summed E-state index contributed by atoms with van der Waals surface area (Å²) in [6, 6.07) is -8.49. The van der Waals surface area contributed by atoms with Crippen LogP contribution in [-0.4, -0.2) is 219 Å². The summed E-state index contributed by atoms with van der Waals surface area (Å²) in [6.45, 7) is 27.7. The van der Waals surface area contributed by atoms with Crippen molar-refractivity contribution in [3.63, 3.8) is 0 Å². The van der Waals surface area contributed by atoms with Crippen molar-refractivity contribution >= 4 is 70.6 Å². The molecule has 12 atom stereocenters. The van der Waals surface area contributed by atoms with Crippen LogP contribution in [0, 0.1) is 59.2 Å². The van der Waals surface area contributed by atoms with E-state index in [-0.39, 0.29) is 75.0 Å². The van der Waals surface area contributed by atoms with Gasteiger partial charge in [-0.05, 0) is 86.9 Å². The van der Waals surface area contributed by atoms with Crippen LogP contribution in [0.2, 0.25) is 0 Å². The van der Waals surface area contributed by atoms with Crippen LogP contribution < -0.4 is 5.32 Å². The normalized spacial score (nSPS) is 26.8. The van der Waals surface area contributed by atoms with E-state index in [1.54, 1.807) is 48.5 Å². The van der Waals surface area contributed by atoms with Crippen LogP contribution >= 0.6 is 0 Å². The van der Waals surface area contributed by atoms with E-state index in [4.69, 9.17) is 0 Å². The second-order valence-corrected chi connectivity index (χ2v) is 27.2. The Kier molecular flexibility index (Phi) is 32.5. The highest BCUT2D eigenvalue weighted by Gasteiger charge is 2.45. The molecule has 0 unspecified atom stereocenters. The highest BCUT2D eigenvalue weighted by atomic mass is 16.4.